The molecule has 0 unspecified atom stereocenters. The van der Waals surface area contributed by atoms with Gasteiger partial charge in [-0.2, -0.15) is 0 Å². The van der Waals surface area contributed by atoms with Crippen LogP contribution in [0.25, 0.3) is 20.7 Å². The molecule has 0 amide bonds. The van der Waals surface area contributed by atoms with Gasteiger partial charge in [0.05, 0.1) is 26.2 Å². The number of nitrogens with one attached hydrogen (secondary N) is 1. The van der Waals surface area contributed by atoms with Crippen LogP contribution in [0.3, 0.4) is 0 Å². The summed E-state index contributed by atoms with van der Waals surface area (Å²) in [5.74, 6) is 2.36. The van der Waals surface area contributed by atoms with Gasteiger partial charge in [0.1, 0.15) is 22.2 Å². The molecule has 3 heterocycles. The Morgan fingerprint density at radius 1 is 1.12 bits per heavy atom. The number of aromatic nitrogens is 2. The van der Waals surface area contributed by atoms with Crippen molar-refractivity contribution in [2.75, 3.05) is 20.8 Å². The molecule has 6 nitrogen and oxygen atoms in total. The second kappa shape index (κ2) is 8.76. The van der Waals surface area contributed by atoms with Crippen molar-refractivity contribution >= 4 is 21.6 Å². The highest BCUT2D eigenvalue weighted by molar-refractivity contribution is 7.21. The van der Waals surface area contributed by atoms with E-state index in [-0.39, 0.29) is 11.6 Å². The number of aromatic amines is 1. The van der Waals surface area contributed by atoms with Crippen molar-refractivity contribution in [3.63, 3.8) is 0 Å². The van der Waals surface area contributed by atoms with Gasteiger partial charge in [0.25, 0.3) is 5.56 Å². The molecule has 0 spiro atoms. The molecule has 4 aromatic rings. The molecule has 1 aliphatic heterocycles. The van der Waals surface area contributed by atoms with Crippen LogP contribution in [0.1, 0.15) is 30.3 Å². The minimum absolute atomic E-state index is 0.0851. The number of hydrogen-bond acceptors (Lipinski definition) is 6. The van der Waals surface area contributed by atoms with Gasteiger partial charge in [-0.25, -0.2) is 4.98 Å². The van der Waals surface area contributed by atoms with E-state index >= 15 is 0 Å². The van der Waals surface area contributed by atoms with Crippen LogP contribution in [-0.2, 0) is 6.54 Å². The van der Waals surface area contributed by atoms with Gasteiger partial charge in [-0.1, -0.05) is 30.3 Å². The topological polar surface area (TPSA) is 67.5 Å². The fourth-order valence-corrected chi connectivity index (χ4v) is 5.51. The number of H-pyrrole nitrogens is 1. The predicted octanol–water partition coefficient (Wildman–Crippen LogP) is 5.01. The normalized spacial score (nSPS) is 16.5. The Morgan fingerprint density at radius 3 is 2.75 bits per heavy atom. The van der Waals surface area contributed by atoms with Crippen LogP contribution >= 0.6 is 11.3 Å². The van der Waals surface area contributed by atoms with Gasteiger partial charge in [-0.3, -0.25) is 9.69 Å². The van der Waals surface area contributed by atoms with Crippen molar-refractivity contribution in [2.45, 2.75) is 25.4 Å². The van der Waals surface area contributed by atoms with Gasteiger partial charge < -0.3 is 14.5 Å². The molecule has 0 saturated carbocycles. The smallest absolute Gasteiger partial charge is 0.259 e. The number of hydrogen-bond donors (Lipinski definition) is 1. The van der Waals surface area contributed by atoms with Crippen LogP contribution in [0.2, 0.25) is 0 Å². The number of likely N-dealkylation sites (tertiary alicyclic amines) is 1. The van der Waals surface area contributed by atoms with E-state index in [2.05, 4.69) is 22.0 Å². The highest BCUT2D eigenvalue weighted by atomic mass is 32.1. The van der Waals surface area contributed by atoms with Gasteiger partial charge in [0.2, 0.25) is 0 Å². The maximum absolute atomic E-state index is 12.8. The van der Waals surface area contributed by atoms with E-state index in [4.69, 9.17) is 14.5 Å². The maximum Gasteiger partial charge on any atom is 0.259 e. The van der Waals surface area contributed by atoms with Crippen molar-refractivity contribution in [1.29, 1.82) is 0 Å². The summed E-state index contributed by atoms with van der Waals surface area (Å²) in [6, 6.07) is 18.1. The fourth-order valence-electron chi connectivity index (χ4n) is 4.46. The van der Waals surface area contributed by atoms with E-state index in [0.29, 0.717) is 17.8 Å². The summed E-state index contributed by atoms with van der Waals surface area (Å²) < 4.78 is 11.1. The molecule has 0 aliphatic carbocycles. The summed E-state index contributed by atoms with van der Waals surface area (Å²) in [7, 11) is 3.37. The average Bonchev–Trinajstić information content (AvgIpc) is 3.46. The molecular formula is C25H25N3O3S. The number of ether oxygens (including phenoxy) is 2. The molecule has 0 radical (unpaired) electrons. The maximum atomic E-state index is 12.8. The van der Waals surface area contributed by atoms with E-state index in [1.54, 1.807) is 25.6 Å². The van der Waals surface area contributed by atoms with E-state index in [1.807, 2.05) is 42.5 Å². The van der Waals surface area contributed by atoms with Gasteiger partial charge in [0, 0.05) is 16.5 Å². The second-order valence-corrected chi connectivity index (χ2v) is 8.98. The number of benzene rings is 2. The molecule has 5 rings (SSSR count). The van der Waals surface area contributed by atoms with Crippen LogP contribution in [0.15, 0.2) is 59.4 Å². The number of fused-ring (bicyclic) bond motifs is 1. The van der Waals surface area contributed by atoms with E-state index in [0.717, 1.165) is 51.7 Å². The summed E-state index contributed by atoms with van der Waals surface area (Å²) in [4.78, 5) is 24.8. The standard InChI is InChI=1S/C25H25N3O3S/c1-30-17-10-11-21(31-2)18(13-17)20-9-6-12-28(20)15-23-26-24(29)19-14-22(32-25(19)27-23)16-7-4-3-5-8-16/h3-5,7-8,10-11,13-14,20H,6,9,12,15H2,1-2H3,(H,26,27,29)/t20-/m0/s1. The Morgan fingerprint density at radius 2 is 1.97 bits per heavy atom. The Hall–Kier alpha value is -3.16. The molecular weight excluding hydrogens is 422 g/mol. The molecule has 1 aliphatic rings. The summed E-state index contributed by atoms with van der Waals surface area (Å²) in [6.07, 6.45) is 2.10. The van der Waals surface area contributed by atoms with Crippen molar-refractivity contribution in [1.82, 2.24) is 14.9 Å². The largest absolute Gasteiger partial charge is 0.497 e. The van der Waals surface area contributed by atoms with Gasteiger partial charge in [-0.15, -0.1) is 11.3 Å². The molecule has 1 N–H and O–H groups in total. The highest BCUT2D eigenvalue weighted by Crippen LogP contribution is 2.39. The first kappa shape index (κ1) is 20.7. The average molecular weight is 448 g/mol. The van der Waals surface area contributed by atoms with Crippen LogP contribution < -0.4 is 15.0 Å². The third-order valence-electron chi connectivity index (χ3n) is 6.02. The molecule has 2 aromatic carbocycles. The van der Waals surface area contributed by atoms with Crippen LogP contribution in [0.4, 0.5) is 0 Å². The monoisotopic (exact) mass is 447 g/mol. The molecule has 164 valence electrons. The second-order valence-electron chi connectivity index (χ2n) is 7.94. The Kier molecular flexibility index (Phi) is 5.68. The summed E-state index contributed by atoms with van der Waals surface area (Å²) in [6.45, 7) is 1.52. The Bertz CT molecular complexity index is 1300. The third kappa shape index (κ3) is 3.89. The quantitative estimate of drug-likeness (QED) is 0.450. The fraction of sp³-hybridized carbons (Fsp3) is 0.280. The lowest BCUT2D eigenvalue weighted by molar-refractivity contribution is 0.236. The van der Waals surface area contributed by atoms with Gasteiger partial charge in [0.15, 0.2) is 0 Å². The Labute approximate surface area is 190 Å². The van der Waals surface area contributed by atoms with Crippen molar-refractivity contribution in [2.24, 2.45) is 0 Å². The third-order valence-corrected chi connectivity index (χ3v) is 7.10. The lowest BCUT2D eigenvalue weighted by atomic mass is 10.0. The summed E-state index contributed by atoms with van der Waals surface area (Å²) >= 11 is 1.56. The highest BCUT2D eigenvalue weighted by Gasteiger charge is 2.29. The number of thiophene rings is 1. The molecule has 1 saturated heterocycles. The van der Waals surface area contributed by atoms with E-state index in [1.165, 1.54) is 0 Å². The van der Waals surface area contributed by atoms with Gasteiger partial charge >= 0.3 is 0 Å². The zero-order chi connectivity index (χ0) is 22.1. The summed E-state index contributed by atoms with van der Waals surface area (Å²) in [5.41, 5.74) is 2.12. The number of methoxy groups -OCH3 is 2. The van der Waals surface area contributed by atoms with E-state index in [9.17, 15) is 4.79 Å². The molecule has 1 fully saturated rings. The first-order valence-corrected chi connectivity index (χ1v) is 11.5. The molecule has 2 aromatic heterocycles. The molecule has 32 heavy (non-hydrogen) atoms. The zero-order valence-electron chi connectivity index (χ0n) is 18.1. The lowest BCUT2D eigenvalue weighted by Gasteiger charge is -2.26. The molecule has 0 bridgehead atoms. The minimum atomic E-state index is -0.0851. The predicted molar refractivity (Wildman–Crippen MR) is 128 cm³/mol. The van der Waals surface area contributed by atoms with Crippen LogP contribution in [-0.4, -0.2) is 35.6 Å². The van der Waals surface area contributed by atoms with E-state index < -0.39 is 0 Å². The SMILES string of the molecule is COc1ccc(OC)c([C@@H]2CCCN2Cc2nc3sc(-c4ccccc4)cc3c(=O)[nH]2)c1. The zero-order valence-corrected chi connectivity index (χ0v) is 18.9. The first-order chi connectivity index (χ1) is 15.7. The summed E-state index contributed by atoms with van der Waals surface area (Å²) in [5, 5.41) is 0.644. The minimum Gasteiger partial charge on any atom is -0.497 e. The van der Waals surface area contributed by atoms with Crippen molar-refractivity contribution in [3.8, 4) is 21.9 Å². The molecule has 7 heteroatoms. The van der Waals surface area contributed by atoms with Crippen LogP contribution in [0, 0.1) is 0 Å². The lowest BCUT2D eigenvalue weighted by Crippen LogP contribution is -2.25. The van der Waals surface area contributed by atoms with Crippen molar-refractivity contribution < 1.29 is 9.47 Å². The number of rotatable bonds is 6. The van der Waals surface area contributed by atoms with Crippen molar-refractivity contribution in [3.05, 3.63) is 76.3 Å². The Balaban J connectivity index is 1.46. The van der Waals surface area contributed by atoms with Gasteiger partial charge in [-0.05, 0) is 49.2 Å². The number of nitrogens with zero attached hydrogens (tertiary/aromatic N) is 2. The first-order valence-electron chi connectivity index (χ1n) is 10.7. The van der Waals surface area contributed by atoms with Crippen LogP contribution in [0.5, 0.6) is 11.5 Å². The molecule has 1 atom stereocenters.